The monoisotopic (exact) mass is 513 g/mol. The molecule has 0 aliphatic carbocycles. The average Bonchev–Trinajstić information content (AvgIpc) is 3.38. The minimum absolute atomic E-state index is 0.00725. The first-order valence-corrected chi connectivity index (χ1v) is 10.9. The van der Waals surface area contributed by atoms with Gasteiger partial charge in [0.05, 0.1) is 5.70 Å². The van der Waals surface area contributed by atoms with Crippen LogP contribution in [0.1, 0.15) is 34.0 Å². The van der Waals surface area contributed by atoms with Crippen molar-refractivity contribution in [2.75, 3.05) is 13.2 Å². The zero-order chi connectivity index (χ0) is 25.5. The highest BCUT2D eigenvalue weighted by molar-refractivity contribution is 6.30. The summed E-state index contributed by atoms with van der Waals surface area (Å²) in [5.74, 6) is -1.84. The number of benzene rings is 2. The summed E-state index contributed by atoms with van der Waals surface area (Å²) in [5.41, 5.74) is -0.305. The first-order valence-electron chi connectivity index (χ1n) is 10.5. The smallest absolute Gasteiger partial charge is 0.338 e. The lowest BCUT2D eigenvalue weighted by Crippen LogP contribution is -2.42. The van der Waals surface area contributed by atoms with E-state index in [1.807, 2.05) is 0 Å². The fourth-order valence-electron chi connectivity index (χ4n) is 3.90. The molecule has 0 spiro atoms. The second-order valence-electron chi connectivity index (χ2n) is 8.04. The summed E-state index contributed by atoms with van der Waals surface area (Å²) in [6, 6.07) is 6.08. The molecule has 1 saturated heterocycles. The summed E-state index contributed by atoms with van der Waals surface area (Å²) in [6.45, 7) is 3.68. The first kappa shape index (κ1) is 25.0. The van der Waals surface area contributed by atoms with Gasteiger partial charge in [-0.05, 0) is 61.4 Å². The number of amides is 2. The number of hydrogen-bond acceptors (Lipinski definition) is 5. The standard InChI is InChI=1S/C23H20ClF4N3O4/c1-3-31-21(33)19(11-34-31)29-20(32)17-5-4-13(6-12(17)2)18-10-22(35-30-18,23(26,27)28)14-7-15(24)9-16(25)8-14/h4-10,19,30H,3,11H2,1-2H3,(H,29,32). The molecule has 186 valence electrons. The number of nitrogens with one attached hydrogen (secondary N) is 2. The molecule has 2 N–H and O–H groups in total. The fourth-order valence-corrected chi connectivity index (χ4v) is 4.12. The van der Waals surface area contributed by atoms with Crippen LogP contribution in [0.5, 0.6) is 0 Å². The van der Waals surface area contributed by atoms with Gasteiger partial charge in [-0.3, -0.25) is 24.7 Å². The van der Waals surface area contributed by atoms with Gasteiger partial charge in [-0.15, -0.1) is 0 Å². The van der Waals surface area contributed by atoms with E-state index < -0.39 is 35.1 Å². The van der Waals surface area contributed by atoms with Crippen molar-refractivity contribution in [3.05, 3.63) is 75.6 Å². The lowest BCUT2D eigenvalue weighted by molar-refractivity contribution is -0.269. The topological polar surface area (TPSA) is 79.9 Å². The zero-order valence-electron chi connectivity index (χ0n) is 18.5. The highest BCUT2D eigenvalue weighted by Crippen LogP contribution is 2.48. The number of hydrogen-bond donors (Lipinski definition) is 2. The molecule has 0 radical (unpaired) electrons. The van der Waals surface area contributed by atoms with E-state index in [0.717, 1.165) is 23.3 Å². The molecule has 7 nitrogen and oxygen atoms in total. The number of rotatable bonds is 5. The Hall–Kier alpha value is -3.15. The molecule has 2 aliphatic rings. The second kappa shape index (κ2) is 9.14. The minimum Gasteiger partial charge on any atom is -0.338 e. The highest BCUT2D eigenvalue weighted by Gasteiger charge is 2.59. The number of hydroxylamine groups is 3. The Kier molecular flexibility index (Phi) is 6.52. The van der Waals surface area contributed by atoms with Gasteiger partial charge < -0.3 is 5.32 Å². The molecule has 0 bridgehead atoms. The third-order valence-electron chi connectivity index (χ3n) is 5.70. The van der Waals surface area contributed by atoms with Gasteiger partial charge in [0.25, 0.3) is 11.8 Å². The van der Waals surface area contributed by atoms with E-state index in [2.05, 4.69) is 10.8 Å². The van der Waals surface area contributed by atoms with E-state index in [1.165, 1.54) is 18.2 Å². The number of nitrogens with zero attached hydrogens (tertiary/aromatic N) is 1. The predicted octanol–water partition coefficient (Wildman–Crippen LogP) is 4.01. The van der Waals surface area contributed by atoms with Crippen LogP contribution in [0.25, 0.3) is 5.70 Å². The minimum atomic E-state index is -4.95. The maximum Gasteiger partial charge on any atom is 0.428 e. The van der Waals surface area contributed by atoms with Crippen LogP contribution in [0, 0.1) is 12.7 Å². The summed E-state index contributed by atoms with van der Waals surface area (Å²) in [5, 5.41) is 3.53. The van der Waals surface area contributed by atoms with Gasteiger partial charge in [-0.2, -0.15) is 13.2 Å². The lowest BCUT2D eigenvalue weighted by atomic mass is 9.91. The molecule has 0 aromatic heterocycles. The number of carbonyl (C=O) groups is 2. The molecule has 2 aliphatic heterocycles. The summed E-state index contributed by atoms with van der Waals surface area (Å²) in [7, 11) is 0. The average molecular weight is 514 g/mol. The molecule has 2 aromatic carbocycles. The molecule has 2 aromatic rings. The molecule has 12 heteroatoms. The zero-order valence-corrected chi connectivity index (χ0v) is 19.3. The Morgan fingerprint density at radius 2 is 2.03 bits per heavy atom. The van der Waals surface area contributed by atoms with Crippen molar-refractivity contribution in [1.29, 1.82) is 0 Å². The van der Waals surface area contributed by atoms with Crippen LogP contribution in [0.4, 0.5) is 17.6 Å². The Morgan fingerprint density at radius 3 is 2.63 bits per heavy atom. The molecule has 2 atom stereocenters. The number of alkyl halides is 3. The second-order valence-corrected chi connectivity index (χ2v) is 8.47. The third kappa shape index (κ3) is 4.58. The molecule has 2 unspecified atom stereocenters. The molecule has 35 heavy (non-hydrogen) atoms. The quantitative estimate of drug-likeness (QED) is 0.591. The largest absolute Gasteiger partial charge is 0.428 e. The lowest BCUT2D eigenvalue weighted by Gasteiger charge is -2.28. The maximum absolute atomic E-state index is 14.1. The van der Waals surface area contributed by atoms with Crippen LogP contribution >= 0.6 is 11.6 Å². The van der Waals surface area contributed by atoms with Gasteiger partial charge in [0.15, 0.2) is 0 Å². The molecule has 0 saturated carbocycles. The molecular weight excluding hydrogens is 494 g/mol. The van der Waals surface area contributed by atoms with E-state index in [0.29, 0.717) is 23.7 Å². The van der Waals surface area contributed by atoms with Crippen LogP contribution < -0.4 is 10.8 Å². The van der Waals surface area contributed by atoms with Gasteiger partial charge in [0, 0.05) is 22.7 Å². The van der Waals surface area contributed by atoms with E-state index in [-0.39, 0.29) is 28.8 Å². The van der Waals surface area contributed by atoms with Crippen molar-refractivity contribution < 1.29 is 36.8 Å². The number of halogens is 5. The van der Waals surface area contributed by atoms with Crippen molar-refractivity contribution >= 4 is 29.1 Å². The first-order chi connectivity index (χ1) is 16.4. The summed E-state index contributed by atoms with van der Waals surface area (Å²) < 4.78 is 56.2. The molecule has 2 heterocycles. The predicted molar refractivity (Wildman–Crippen MR) is 117 cm³/mol. The van der Waals surface area contributed by atoms with Gasteiger partial charge in [0.2, 0.25) is 5.60 Å². The summed E-state index contributed by atoms with van der Waals surface area (Å²) >= 11 is 5.77. The molecule has 4 rings (SSSR count). The normalized spacial score (nSPS) is 22.3. The van der Waals surface area contributed by atoms with E-state index in [4.69, 9.17) is 21.3 Å². The Morgan fingerprint density at radius 1 is 1.29 bits per heavy atom. The van der Waals surface area contributed by atoms with Crippen molar-refractivity contribution in [2.45, 2.75) is 31.7 Å². The van der Waals surface area contributed by atoms with Gasteiger partial charge >= 0.3 is 6.18 Å². The van der Waals surface area contributed by atoms with Gasteiger partial charge in [0.1, 0.15) is 18.5 Å². The molecule has 1 fully saturated rings. The van der Waals surface area contributed by atoms with Crippen LogP contribution in [0.2, 0.25) is 5.02 Å². The van der Waals surface area contributed by atoms with Crippen molar-refractivity contribution in [3.8, 4) is 0 Å². The third-order valence-corrected chi connectivity index (χ3v) is 5.92. The number of aryl methyl sites for hydroxylation is 1. The Bertz CT molecular complexity index is 1200. The SMILES string of the molecule is CCN1OCC(NC(=O)c2ccc(C3=CC(c4cc(F)cc(Cl)c4)(C(F)(F)F)ON3)cc2C)C1=O. The summed E-state index contributed by atoms with van der Waals surface area (Å²) in [4.78, 5) is 35.0. The Labute approximate surface area is 202 Å². The molecular formula is C23H20ClF4N3O4. The highest BCUT2D eigenvalue weighted by atomic mass is 35.5. The van der Waals surface area contributed by atoms with Crippen molar-refractivity contribution in [1.82, 2.24) is 15.9 Å². The van der Waals surface area contributed by atoms with E-state index in [1.54, 1.807) is 13.8 Å². The number of likely N-dealkylation sites (N-methyl/N-ethyl adjacent to an activating group) is 1. The van der Waals surface area contributed by atoms with Crippen molar-refractivity contribution in [2.24, 2.45) is 0 Å². The molecule has 2 amide bonds. The Balaban J connectivity index is 1.61. The van der Waals surface area contributed by atoms with E-state index >= 15 is 0 Å². The van der Waals surface area contributed by atoms with Crippen LogP contribution in [0.3, 0.4) is 0 Å². The number of carbonyl (C=O) groups excluding carboxylic acids is 2. The van der Waals surface area contributed by atoms with E-state index in [9.17, 15) is 27.2 Å². The summed E-state index contributed by atoms with van der Waals surface area (Å²) in [6.07, 6.45) is -4.16. The van der Waals surface area contributed by atoms with Crippen LogP contribution in [-0.2, 0) is 20.1 Å². The van der Waals surface area contributed by atoms with Crippen molar-refractivity contribution in [3.63, 3.8) is 0 Å². The maximum atomic E-state index is 14.1. The van der Waals surface area contributed by atoms with Gasteiger partial charge in [-0.1, -0.05) is 17.7 Å². The fraction of sp³-hybridized carbons (Fsp3) is 0.304. The van der Waals surface area contributed by atoms with Crippen LogP contribution in [-0.4, -0.2) is 42.2 Å². The van der Waals surface area contributed by atoms with Crippen LogP contribution in [0.15, 0.2) is 42.5 Å². The van der Waals surface area contributed by atoms with Gasteiger partial charge in [-0.25, -0.2) is 9.45 Å².